The van der Waals surface area contributed by atoms with E-state index in [1.807, 2.05) is 0 Å². The first-order valence-corrected chi connectivity index (χ1v) is 8.74. The van der Waals surface area contributed by atoms with Gasteiger partial charge in [-0.15, -0.1) is 0 Å². The minimum Gasteiger partial charge on any atom is -0.469 e. The Morgan fingerprint density at radius 1 is 1.00 bits per heavy atom. The second kappa shape index (κ2) is 8.74. The van der Waals surface area contributed by atoms with Crippen molar-refractivity contribution in [3.05, 3.63) is 0 Å². The molecule has 1 N–H and O–H groups in total. The van der Waals surface area contributed by atoms with Crippen LogP contribution < -0.4 is 0 Å². The van der Waals surface area contributed by atoms with E-state index in [9.17, 15) is 9.90 Å². The van der Waals surface area contributed by atoms with E-state index in [4.69, 9.17) is 4.74 Å². The highest BCUT2D eigenvalue weighted by Gasteiger charge is 2.38. The number of ether oxygens (including phenoxy) is 1. The van der Waals surface area contributed by atoms with Crippen LogP contribution in [0, 0.1) is 5.92 Å². The summed E-state index contributed by atoms with van der Waals surface area (Å²) in [6.07, 6.45) is 12.9. The fraction of sp³-hybridized carbons (Fsp3) is 0.941. The summed E-state index contributed by atoms with van der Waals surface area (Å²) in [6, 6.07) is 0.438. The molecule has 2 atom stereocenters. The predicted octanol–water partition coefficient (Wildman–Crippen LogP) is 3.08. The summed E-state index contributed by atoms with van der Waals surface area (Å²) in [5, 5.41) is 10.3. The number of rotatable bonds is 2. The largest absolute Gasteiger partial charge is 0.469 e. The Labute approximate surface area is 128 Å². The summed E-state index contributed by atoms with van der Waals surface area (Å²) in [5.41, 5.74) is 0. The minimum absolute atomic E-state index is 0.150. The Kier molecular flexibility index (Phi) is 6.97. The van der Waals surface area contributed by atoms with Gasteiger partial charge in [-0.1, -0.05) is 51.4 Å². The van der Waals surface area contributed by atoms with Crippen LogP contribution in [0.15, 0.2) is 0 Å². The summed E-state index contributed by atoms with van der Waals surface area (Å²) in [7, 11) is 1.43. The molecule has 2 aliphatic rings. The molecule has 1 aliphatic carbocycles. The maximum Gasteiger partial charge on any atom is 0.310 e. The molecule has 0 amide bonds. The van der Waals surface area contributed by atoms with Crippen LogP contribution in [0.1, 0.15) is 70.6 Å². The third-order valence-corrected chi connectivity index (χ3v) is 5.14. The van der Waals surface area contributed by atoms with E-state index in [0.29, 0.717) is 19.0 Å². The lowest BCUT2D eigenvalue weighted by molar-refractivity contribution is -0.145. The first kappa shape index (κ1) is 16.8. The molecule has 122 valence electrons. The lowest BCUT2D eigenvalue weighted by atomic mass is 10.0. The lowest BCUT2D eigenvalue weighted by Gasteiger charge is -2.30. The molecule has 1 saturated heterocycles. The molecule has 4 heteroatoms. The number of likely N-dealkylation sites (tertiary alicyclic amines) is 1. The van der Waals surface area contributed by atoms with Gasteiger partial charge in [0.15, 0.2) is 0 Å². The fourth-order valence-electron chi connectivity index (χ4n) is 3.87. The smallest absolute Gasteiger partial charge is 0.310 e. The Morgan fingerprint density at radius 2 is 1.52 bits per heavy atom. The average molecular weight is 297 g/mol. The van der Waals surface area contributed by atoms with Crippen molar-refractivity contribution in [2.75, 3.05) is 13.7 Å². The summed E-state index contributed by atoms with van der Waals surface area (Å²) < 4.78 is 4.84. The van der Waals surface area contributed by atoms with Gasteiger partial charge < -0.3 is 9.84 Å². The standard InChI is InChI=1S/C17H31NO3/c1-21-17(20)14-12-16(19)18(13-14)15-10-8-6-4-2-3-5-7-9-11-15/h14-16,19H,2-13H2,1H3. The Morgan fingerprint density at radius 3 is 2.05 bits per heavy atom. The zero-order chi connectivity index (χ0) is 15.1. The molecule has 1 aliphatic heterocycles. The first-order valence-electron chi connectivity index (χ1n) is 8.74. The van der Waals surface area contributed by atoms with Crippen molar-refractivity contribution in [2.24, 2.45) is 5.92 Å². The maximum atomic E-state index is 11.7. The summed E-state index contributed by atoms with van der Waals surface area (Å²) >= 11 is 0. The highest BCUT2D eigenvalue weighted by atomic mass is 16.5. The second-order valence-electron chi connectivity index (χ2n) is 6.69. The number of hydrogen-bond donors (Lipinski definition) is 1. The highest BCUT2D eigenvalue weighted by molar-refractivity contribution is 5.72. The van der Waals surface area contributed by atoms with Gasteiger partial charge in [-0.05, 0) is 12.8 Å². The molecule has 0 aromatic carbocycles. The molecule has 0 aromatic rings. The van der Waals surface area contributed by atoms with Crippen LogP contribution in [0.4, 0.5) is 0 Å². The zero-order valence-corrected chi connectivity index (χ0v) is 13.4. The molecular formula is C17H31NO3. The molecule has 4 nitrogen and oxygen atoms in total. The van der Waals surface area contributed by atoms with E-state index >= 15 is 0 Å². The van der Waals surface area contributed by atoms with Crippen molar-refractivity contribution in [2.45, 2.75) is 82.9 Å². The van der Waals surface area contributed by atoms with Gasteiger partial charge in [0.1, 0.15) is 6.23 Å². The molecule has 0 bridgehead atoms. The molecule has 2 unspecified atom stereocenters. The van der Waals surface area contributed by atoms with E-state index < -0.39 is 6.23 Å². The van der Waals surface area contributed by atoms with Crippen LogP contribution >= 0.6 is 0 Å². The fourth-order valence-corrected chi connectivity index (χ4v) is 3.87. The molecule has 0 spiro atoms. The van der Waals surface area contributed by atoms with Crippen molar-refractivity contribution in [1.82, 2.24) is 4.90 Å². The van der Waals surface area contributed by atoms with Crippen LogP contribution in [-0.2, 0) is 9.53 Å². The van der Waals surface area contributed by atoms with Crippen molar-refractivity contribution >= 4 is 5.97 Å². The SMILES string of the molecule is COC(=O)C1CC(O)N(C2CCCCCCCCCC2)C1. The number of esters is 1. The number of carbonyl (C=O) groups excluding carboxylic acids is 1. The van der Waals surface area contributed by atoms with Crippen molar-refractivity contribution < 1.29 is 14.6 Å². The van der Waals surface area contributed by atoms with Gasteiger partial charge in [0.2, 0.25) is 0 Å². The Bertz CT molecular complexity index is 309. The van der Waals surface area contributed by atoms with Crippen LogP contribution in [0.5, 0.6) is 0 Å². The molecule has 2 fully saturated rings. The summed E-state index contributed by atoms with van der Waals surface area (Å²) in [5.74, 6) is -0.323. The molecule has 2 rings (SSSR count). The number of hydrogen-bond acceptors (Lipinski definition) is 4. The molecule has 1 heterocycles. The predicted molar refractivity (Wildman–Crippen MR) is 82.8 cm³/mol. The summed E-state index contributed by atoms with van der Waals surface area (Å²) in [4.78, 5) is 13.9. The first-order chi connectivity index (χ1) is 10.2. The van der Waals surface area contributed by atoms with Gasteiger partial charge in [0.05, 0.1) is 13.0 Å². The van der Waals surface area contributed by atoms with Gasteiger partial charge in [-0.2, -0.15) is 0 Å². The maximum absolute atomic E-state index is 11.7. The van der Waals surface area contributed by atoms with Crippen LogP contribution in [0.3, 0.4) is 0 Å². The Balaban J connectivity index is 1.91. The van der Waals surface area contributed by atoms with Crippen molar-refractivity contribution in [3.8, 4) is 0 Å². The molecule has 1 saturated carbocycles. The molecule has 0 aromatic heterocycles. The quantitative estimate of drug-likeness (QED) is 0.796. The molecule has 21 heavy (non-hydrogen) atoms. The van der Waals surface area contributed by atoms with Gasteiger partial charge in [0, 0.05) is 19.0 Å². The third-order valence-electron chi connectivity index (χ3n) is 5.14. The van der Waals surface area contributed by atoms with Gasteiger partial charge in [-0.3, -0.25) is 9.69 Å². The van der Waals surface area contributed by atoms with Crippen molar-refractivity contribution in [1.29, 1.82) is 0 Å². The van der Waals surface area contributed by atoms with Crippen LogP contribution in [0.2, 0.25) is 0 Å². The zero-order valence-electron chi connectivity index (χ0n) is 13.4. The molecular weight excluding hydrogens is 266 g/mol. The summed E-state index contributed by atoms with van der Waals surface area (Å²) in [6.45, 7) is 0.665. The van der Waals surface area contributed by atoms with E-state index in [1.54, 1.807) is 0 Å². The number of aliphatic hydroxyl groups is 1. The lowest BCUT2D eigenvalue weighted by Crippen LogP contribution is -2.39. The number of carbonyl (C=O) groups is 1. The second-order valence-corrected chi connectivity index (χ2v) is 6.69. The average Bonchev–Trinajstić information content (AvgIpc) is 2.84. The topological polar surface area (TPSA) is 49.8 Å². The van der Waals surface area contributed by atoms with E-state index in [1.165, 1.54) is 58.5 Å². The minimum atomic E-state index is -0.468. The number of methoxy groups -OCH3 is 1. The van der Waals surface area contributed by atoms with E-state index in [-0.39, 0.29) is 11.9 Å². The van der Waals surface area contributed by atoms with E-state index in [0.717, 1.165) is 12.8 Å². The monoisotopic (exact) mass is 297 g/mol. The number of nitrogens with zero attached hydrogens (tertiary/aromatic N) is 1. The molecule has 0 radical (unpaired) electrons. The number of aliphatic hydroxyl groups excluding tert-OH is 1. The normalized spacial score (nSPS) is 30.8. The van der Waals surface area contributed by atoms with Gasteiger partial charge in [-0.25, -0.2) is 0 Å². The van der Waals surface area contributed by atoms with Crippen LogP contribution in [0.25, 0.3) is 0 Å². The van der Waals surface area contributed by atoms with Crippen LogP contribution in [-0.4, -0.2) is 41.9 Å². The Hall–Kier alpha value is -0.610. The highest BCUT2D eigenvalue weighted by Crippen LogP contribution is 2.29. The van der Waals surface area contributed by atoms with E-state index in [2.05, 4.69) is 4.90 Å². The third kappa shape index (κ3) is 4.96. The van der Waals surface area contributed by atoms with Gasteiger partial charge >= 0.3 is 5.97 Å². The van der Waals surface area contributed by atoms with Gasteiger partial charge in [0.25, 0.3) is 0 Å². The van der Waals surface area contributed by atoms with Crippen molar-refractivity contribution in [3.63, 3.8) is 0 Å².